The highest BCUT2D eigenvalue weighted by Gasteiger charge is 2.64. The van der Waals surface area contributed by atoms with E-state index in [-0.39, 0.29) is 40.2 Å². The van der Waals surface area contributed by atoms with Crippen LogP contribution in [0.25, 0.3) is 0 Å². The van der Waals surface area contributed by atoms with Crippen LogP contribution in [0.4, 0.5) is 0 Å². The lowest BCUT2D eigenvalue weighted by Gasteiger charge is -2.64. The van der Waals surface area contributed by atoms with Crippen LogP contribution in [0.5, 0.6) is 0 Å². The van der Waals surface area contributed by atoms with Crippen LogP contribution in [0.15, 0.2) is 11.1 Å². The highest BCUT2D eigenvalue weighted by Crippen LogP contribution is 2.61. The lowest BCUT2D eigenvalue weighted by molar-refractivity contribution is -0.337. The Morgan fingerprint density at radius 1 is 0.744 bits per heavy atom. The number of methoxy groups -OCH3 is 1. The monoisotopic (exact) mass is 602 g/mol. The lowest BCUT2D eigenvalue weighted by atomic mass is 9.53. The van der Waals surface area contributed by atoms with Crippen molar-refractivity contribution in [2.45, 2.75) is 149 Å². The van der Waals surface area contributed by atoms with Crippen molar-refractivity contribution in [2.75, 3.05) is 33.5 Å². The zero-order valence-corrected chi connectivity index (χ0v) is 29.1. The molecule has 2 saturated carbocycles. The van der Waals surface area contributed by atoms with Crippen molar-refractivity contribution in [2.24, 2.45) is 40.4 Å². The fourth-order valence-electron chi connectivity index (χ4n) is 11.1. The van der Waals surface area contributed by atoms with Crippen LogP contribution in [-0.4, -0.2) is 68.8 Å². The first kappa shape index (κ1) is 32.4. The van der Waals surface area contributed by atoms with Crippen molar-refractivity contribution < 1.29 is 28.4 Å². The first-order chi connectivity index (χ1) is 20.3. The lowest BCUT2D eigenvalue weighted by Crippen LogP contribution is -2.68. The maximum absolute atomic E-state index is 7.07. The van der Waals surface area contributed by atoms with Crippen molar-refractivity contribution >= 4 is 0 Å². The summed E-state index contributed by atoms with van der Waals surface area (Å²) in [6.45, 7) is 23.7. The normalized spacial score (nSPS) is 52.3. The van der Waals surface area contributed by atoms with Crippen LogP contribution >= 0.6 is 0 Å². The van der Waals surface area contributed by atoms with E-state index in [0.717, 1.165) is 51.6 Å². The van der Waals surface area contributed by atoms with Crippen LogP contribution < -0.4 is 0 Å². The number of ether oxygens (including phenoxy) is 6. The number of hydrogen-bond acceptors (Lipinski definition) is 6. The molecule has 5 saturated heterocycles. The molecule has 246 valence electrons. The van der Waals surface area contributed by atoms with Crippen molar-refractivity contribution in [3.05, 3.63) is 11.1 Å². The Hall–Kier alpha value is -0.500. The quantitative estimate of drug-likeness (QED) is 0.226. The molecule has 0 aromatic heterocycles. The van der Waals surface area contributed by atoms with Crippen molar-refractivity contribution in [1.29, 1.82) is 0 Å². The fraction of sp³-hybridized carbons (Fsp3) is 0.946. The zero-order chi connectivity index (χ0) is 31.0. The van der Waals surface area contributed by atoms with Gasteiger partial charge in [0.15, 0.2) is 5.79 Å². The molecule has 13 atom stereocenters. The minimum Gasteiger partial charge on any atom is -0.382 e. The molecule has 6 bridgehead atoms. The average molecular weight is 603 g/mol. The molecule has 13 unspecified atom stereocenters. The van der Waals surface area contributed by atoms with E-state index in [1.54, 1.807) is 0 Å². The summed E-state index contributed by atoms with van der Waals surface area (Å²) in [6.07, 6.45) is 9.04. The van der Waals surface area contributed by atoms with Gasteiger partial charge in [0.25, 0.3) is 0 Å². The molecule has 6 heteroatoms. The molecule has 6 aliphatic heterocycles. The second-order valence-corrected chi connectivity index (χ2v) is 16.6. The summed E-state index contributed by atoms with van der Waals surface area (Å²) >= 11 is 0. The first-order valence-electron chi connectivity index (χ1n) is 17.7. The maximum Gasteiger partial charge on any atom is 0.175 e. The molecule has 7 fully saturated rings. The Labute approximate surface area is 262 Å². The van der Waals surface area contributed by atoms with Gasteiger partial charge in [0.2, 0.25) is 0 Å². The van der Waals surface area contributed by atoms with Gasteiger partial charge in [0.1, 0.15) is 0 Å². The van der Waals surface area contributed by atoms with E-state index in [9.17, 15) is 0 Å². The Kier molecular flexibility index (Phi) is 8.55. The first-order valence-corrected chi connectivity index (χ1v) is 17.7. The van der Waals surface area contributed by atoms with Gasteiger partial charge in [-0.3, -0.25) is 0 Å². The number of fused-ring (bicyclic) bond motifs is 9. The standard InChI is InChI=1S/C37H62O6/c1-11-31-33(8)15-26(6)35(42-31,16-25(33)5)22-39-19-28-18-36(21-38-10)29(17-34(28,9)32(12-2)43-36)20-40-37-14-23(3)30(13-24(37)4)27(7)41-37/h24-29,31-32H,11-22H2,1-10H3. The third kappa shape index (κ3) is 4.94. The molecule has 0 spiro atoms. The molecular weight excluding hydrogens is 540 g/mol. The molecule has 0 N–H and O–H groups in total. The van der Waals surface area contributed by atoms with E-state index < -0.39 is 5.79 Å². The Morgan fingerprint density at radius 2 is 1.44 bits per heavy atom. The van der Waals surface area contributed by atoms with Crippen LogP contribution in [-0.2, 0) is 28.4 Å². The topological polar surface area (TPSA) is 55.4 Å². The summed E-state index contributed by atoms with van der Waals surface area (Å²) in [7, 11) is 1.82. The second-order valence-electron chi connectivity index (χ2n) is 16.6. The molecule has 0 aromatic carbocycles. The van der Waals surface area contributed by atoms with E-state index in [2.05, 4.69) is 62.3 Å². The molecule has 43 heavy (non-hydrogen) atoms. The van der Waals surface area contributed by atoms with E-state index in [4.69, 9.17) is 28.4 Å². The predicted octanol–water partition coefficient (Wildman–Crippen LogP) is 7.73. The Bertz CT molecular complexity index is 1080. The van der Waals surface area contributed by atoms with Crippen LogP contribution in [0.1, 0.15) is 114 Å². The van der Waals surface area contributed by atoms with Gasteiger partial charge in [-0.15, -0.1) is 0 Å². The van der Waals surface area contributed by atoms with Gasteiger partial charge in [-0.1, -0.05) is 54.0 Å². The smallest absolute Gasteiger partial charge is 0.175 e. The highest BCUT2D eigenvalue weighted by molar-refractivity contribution is 5.26. The number of hydrogen-bond donors (Lipinski definition) is 0. The SMILES string of the molecule is CCC1OC2(COCC3CC4(COC)OC(CC)C3(C)CC4COC34CC(C)=C(CC3C)C(C)O4)CC(C)C1(C)CC2C. The van der Waals surface area contributed by atoms with E-state index in [1.807, 2.05) is 7.11 Å². The minimum absolute atomic E-state index is 0.0267. The fourth-order valence-corrected chi connectivity index (χ4v) is 11.1. The summed E-state index contributed by atoms with van der Waals surface area (Å²) in [5.41, 5.74) is 2.72. The van der Waals surface area contributed by atoms with Gasteiger partial charge in [0, 0.05) is 25.4 Å². The molecule has 3 aliphatic carbocycles. The minimum atomic E-state index is -0.524. The molecular formula is C37H62O6. The van der Waals surface area contributed by atoms with Crippen LogP contribution in [0.2, 0.25) is 0 Å². The summed E-state index contributed by atoms with van der Waals surface area (Å²) < 4.78 is 40.3. The molecule has 6 heterocycles. The average Bonchev–Trinajstić information content (AvgIpc) is 2.95. The number of rotatable bonds is 11. The molecule has 6 nitrogen and oxygen atoms in total. The molecule has 9 rings (SSSR count). The van der Waals surface area contributed by atoms with Crippen LogP contribution in [0, 0.1) is 40.4 Å². The largest absolute Gasteiger partial charge is 0.382 e. The van der Waals surface area contributed by atoms with Gasteiger partial charge in [-0.25, -0.2) is 0 Å². The summed E-state index contributed by atoms with van der Waals surface area (Å²) in [4.78, 5) is 0. The summed E-state index contributed by atoms with van der Waals surface area (Å²) in [6, 6.07) is 0. The van der Waals surface area contributed by atoms with Gasteiger partial charge in [0.05, 0.1) is 55.9 Å². The van der Waals surface area contributed by atoms with Gasteiger partial charge in [-0.05, 0) is 93.0 Å². The summed E-state index contributed by atoms with van der Waals surface area (Å²) in [5.74, 6) is 1.68. The van der Waals surface area contributed by atoms with E-state index >= 15 is 0 Å². The predicted molar refractivity (Wildman–Crippen MR) is 169 cm³/mol. The van der Waals surface area contributed by atoms with Gasteiger partial charge < -0.3 is 28.4 Å². The third-order valence-electron chi connectivity index (χ3n) is 14.1. The van der Waals surface area contributed by atoms with Crippen molar-refractivity contribution in [3.63, 3.8) is 0 Å². The molecule has 0 radical (unpaired) electrons. The Morgan fingerprint density at radius 3 is 2.12 bits per heavy atom. The van der Waals surface area contributed by atoms with Gasteiger partial charge in [-0.2, -0.15) is 0 Å². The molecule has 0 amide bonds. The van der Waals surface area contributed by atoms with Crippen molar-refractivity contribution in [3.8, 4) is 0 Å². The molecule has 0 aromatic rings. The highest BCUT2D eigenvalue weighted by atomic mass is 16.7. The Balaban J connectivity index is 1.17. The van der Waals surface area contributed by atoms with Crippen LogP contribution in [0.3, 0.4) is 0 Å². The zero-order valence-electron chi connectivity index (χ0n) is 29.1. The van der Waals surface area contributed by atoms with E-state index in [0.29, 0.717) is 49.6 Å². The second kappa shape index (κ2) is 11.3. The third-order valence-corrected chi connectivity index (χ3v) is 14.1. The van der Waals surface area contributed by atoms with E-state index in [1.165, 1.54) is 17.6 Å². The van der Waals surface area contributed by atoms with Crippen molar-refractivity contribution in [1.82, 2.24) is 0 Å². The van der Waals surface area contributed by atoms with Gasteiger partial charge >= 0.3 is 0 Å². The molecule has 9 aliphatic rings. The summed E-state index contributed by atoms with van der Waals surface area (Å²) in [5, 5.41) is 0. The maximum atomic E-state index is 7.07.